The van der Waals surface area contributed by atoms with Gasteiger partial charge in [-0.05, 0) is 24.5 Å². The van der Waals surface area contributed by atoms with Crippen LogP contribution >= 0.6 is 12.6 Å². The molecule has 1 fully saturated rings. The Bertz CT molecular complexity index is 963. The van der Waals surface area contributed by atoms with Gasteiger partial charge in [0.15, 0.2) is 10.9 Å². The third kappa shape index (κ3) is 7.06. The highest BCUT2D eigenvalue weighted by molar-refractivity contribution is 7.96. The van der Waals surface area contributed by atoms with E-state index in [1.54, 1.807) is 12.1 Å². The molecule has 1 saturated heterocycles. The zero-order valence-electron chi connectivity index (χ0n) is 18.7. The SMILES string of the molecule is C=CCOC(=O)c1cccc(NC(=O)C2CC(C(C(=O)S)C(=O)OCC=C)CN2)c1OCC=C. The van der Waals surface area contributed by atoms with Gasteiger partial charge in [0.25, 0.3) is 0 Å². The van der Waals surface area contributed by atoms with Crippen molar-refractivity contribution in [3.05, 3.63) is 61.7 Å². The van der Waals surface area contributed by atoms with E-state index in [9.17, 15) is 19.2 Å². The lowest BCUT2D eigenvalue weighted by Crippen LogP contribution is -2.35. The number of hydrogen-bond acceptors (Lipinski definition) is 8. The lowest BCUT2D eigenvalue weighted by molar-refractivity contribution is -0.151. The van der Waals surface area contributed by atoms with Crippen molar-refractivity contribution in [3.63, 3.8) is 0 Å². The lowest BCUT2D eigenvalue weighted by Gasteiger charge is -2.19. The molecule has 0 spiro atoms. The maximum atomic E-state index is 13.0. The molecule has 1 amide bonds. The minimum Gasteiger partial charge on any atom is -0.486 e. The number of carbonyl (C=O) groups excluding carboxylic acids is 4. The molecule has 0 aromatic heterocycles. The van der Waals surface area contributed by atoms with Gasteiger partial charge in [-0.15, -0.1) is 12.6 Å². The van der Waals surface area contributed by atoms with Crippen LogP contribution in [0.2, 0.25) is 0 Å². The molecule has 3 atom stereocenters. The van der Waals surface area contributed by atoms with Crippen LogP contribution in [0.25, 0.3) is 0 Å². The highest BCUT2D eigenvalue weighted by atomic mass is 32.1. The van der Waals surface area contributed by atoms with E-state index in [1.807, 2.05) is 0 Å². The van der Waals surface area contributed by atoms with Crippen LogP contribution in [0.4, 0.5) is 5.69 Å². The average molecular weight is 489 g/mol. The molecule has 0 saturated carbocycles. The Hall–Kier alpha value is -3.37. The van der Waals surface area contributed by atoms with Crippen molar-refractivity contribution in [2.45, 2.75) is 12.5 Å². The first-order chi connectivity index (χ1) is 16.3. The Kier molecular flexibility index (Phi) is 10.6. The number of nitrogens with one attached hydrogen (secondary N) is 2. The van der Waals surface area contributed by atoms with Crippen LogP contribution in [0.15, 0.2) is 56.2 Å². The standard InChI is InChI=1S/C24H28N2O7S/c1-4-10-31-20-16(22(28)32-11-5-2)8-7-9-17(20)26-21(27)18-13-15(14-25-18)19(24(30)34)23(29)33-12-6-3/h4-9,15,18-19,25H,1-3,10-14H2,(H,26,27)(H,30,34). The van der Waals surface area contributed by atoms with Crippen LogP contribution in [0, 0.1) is 11.8 Å². The monoisotopic (exact) mass is 488 g/mol. The predicted molar refractivity (Wildman–Crippen MR) is 130 cm³/mol. The summed E-state index contributed by atoms with van der Waals surface area (Å²) in [7, 11) is 0. The first-order valence-electron chi connectivity index (χ1n) is 10.5. The summed E-state index contributed by atoms with van der Waals surface area (Å²) < 4.78 is 15.7. The van der Waals surface area contributed by atoms with Crippen LogP contribution in [-0.2, 0) is 23.9 Å². The third-order valence-electron chi connectivity index (χ3n) is 4.99. The number of amides is 1. The van der Waals surface area contributed by atoms with Crippen LogP contribution in [0.5, 0.6) is 5.75 Å². The summed E-state index contributed by atoms with van der Waals surface area (Å²) in [6.45, 7) is 10.9. The average Bonchev–Trinajstić information content (AvgIpc) is 3.29. The van der Waals surface area contributed by atoms with Crippen molar-refractivity contribution in [1.29, 1.82) is 0 Å². The molecule has 0 radical (unpaired) electrons. The molecule has 34 heavy (non-hydrogen) atoms. The molecule has 2 N–H and O–H groups in total. The number of esters is 2. The summed E-state index contributed by atoms with van der Waals surface area (Å²) in [6, 6.07) is 3.98. The van der Waals surface area contributed by atoms with Gasteiger partial charge in [-0.25, -0.2) is 4.79 Å². The molecule has 1 aromatic carbocycles. The van der Waals surface area contributed by atoms with Crippen molar-refractivity contribution < 1.29 is 33.4 Å². The topological polar surface area (TPSA) is 120 Å². The van der Waals surface area contributed by atoms with Gasteiger partial charge >= 0.3 is 11.9 Å². The first kappa shape index (κ1) is 26.9. The van der Waals surface area contributed by atoms with Gasteiger partial charge in [-0.2, -0.15) is 0 Å². The summed E-state index contributed by atoms with van der Waals surface area (Å²) >= 11 is 3.82. The van der Waals surface area contributed by atoms with Crippen molar-refractivity contribution in [2.24, 2.45) is 11.8 Å². The number of ether oxygens (including phenoxy) is 3. The summed E-state index contributed by atoms with van der Waals surface area (Å²) in [5.41, 5.74) is 0.391. The molecule has 10 heteroatoms. The van der Waals surface area contributed by atoms with Crippen LogP contribution < -0.4 is 15.4 Å². The molecule has 0 bridgehead atoms. The van der Waals surface area contributed by atoms with Gasteiger partial charge in [-0.3, -0.25) is 14.4 Å². The van der Waals surface area contributed by atoms with Crippen LogP contribution in [0.1, 0.15) is 16.8 Å². The fraction of sp³-hybridized carbons (Fsp3) is 0.333. The molecule has 0 aliphatic carbocycles. The number of para-hydroxylation sites is 1. The highest BCUT2D eigenvalue weighted by Crippen LogP contribution is 2.31. The Morgan fingerprint density at radius 3 is 2.41 bits per heavy atom. The van der Waals surface area contributed by atoms with Gasteiger partial charge < -0.3 is 24.8 Å². The van der Waals surface area contributed by atoms with Crippen LogP contribution in [0.3, 0.4) is 0 Å². The quantitative estimate of drug-likeness (QED) is 0.167. The molecular weight excluding hydrogens is 460 g/mol. The number of benzene rings is 1. The summed E-state index contributed by atoms with van der Waals surface area (Å²) in [5, 5.41) is 5.13. The van der Waals surface area contributed by atoms with E-state index < -0.39 is 40.8 Å². The molecule has 1 aromatic rings. The van der Waals surface area contributed by atoms with E-state index in [0.717, 1.165) is 0 Å². The Labute approximate surface area is 203 Å². The minimum absolute atomic E-state index is 0.0178. The Balaban J connectivity index is 2.17. The second-order valence-corrected chi connectivity index (χ2v) is 7.79. The summed E-state index contributed by atoms with van der Waals surface area (Å²) in [6.07, 6.45) is 4.54. The third-order valence-corrected chi connectivity index (χ3v) is 5.27. The zero-order valence-corrected chi connectivity index (χ0v) is 19.6. The normalized spacial score (nSPS) is 17.7. The van der Waals surface area contributed by atoms with Gasteiger partial charge in [0.1, 0.15) is 31.3 Å². The largest absolute Gasteiger partial charge is 0.486 e. The first-order valence-corrected chi connectivity index (χ1v) is 11.0. The molecular formula is C24H28N2O7S. The Morgan fingerprint density at radius 1 is 1.09 bits per heavy atom. The maximum Gasteiger partial charge on any atom is 0.342 e. The van der Waals surface area contributed by atoms with Gasteiger partial charge in [-0.1, -0.05) is 44.0 Å². The smallest absolute Gasteiger partial charge is 0.342 e. The predicted octanol–water partition coefficient (Wildman–Crippen LogP) is 2.31. The molecule has 9 nitrogen and oxygen atoms in total. The van der Waals surface area contributed by atoms with E-state index in [0.29, 0.717) is 0 Å². The molecule has 182 valence electrons. The maximum absolute atomic E-state index is 13.0. The van der Waals surface area contributed by atoms with Gasteiger partial charge in [0.05, 0.1) is 11.7 Å². The molecule has 3 unspecified atom stereocenters. The summed E-state index contributed by atoms with van der Waals surface area (Å²) in [5.74, 6) is -3.22. The van der Waals surface area contributed by atoms with E-state index in [4.69, 9.17) is 14.2 Å². The molecule has 2 rings (SSSR count). The van der Waals surface area contributed by atoms with E-state index in [-0.39, 0.29) is 49.8 Å². The second kappa shape index (κ2) is 13.4. The number of anilines is 1. The fourth-order valence-corrected chi connectivity index (χ4v) is 3.78. The van der Waals surface area contributed by atoms with E-state index in [2.05, 4.69) is 43.0 Å². The van der Waals surface area contributed by atoms with Crippen LogP contribution in [-0.4, -0.2) is 55.4 Å². The lowest BCUT2D eigenvalue weighted by atomic mass is 9.90. The molecule has 1 aliphatic rings. The minimum atomic E-state index is -1.11. The van der Waals surface area contributed by atoms with Crippen molar-refractivity contribution >= 4 is 41.3 Å². The number of thiol groups is 1. The number of carbonyl (C=O) groups is 4. The molecule has 1 heterocycles. The molecule has 1 aliphatic heterocycles. The van der Waals surface area contributed by atoms with Gasteiger partial charge in [0, 0.05) is 6.54 Å². The second-order valence-electron chi connectivity index (χ2n) is 7.35. The highest BCUT2D eigenvalue weighted by Gasteiger charge is 2.41. The van der Waals surface area contributed by atoms with E-state index in [1.165, 1.54) is 24.3 Å². The van der Waals surface area contributed by atoms with Crippen molar-refractivity contribution in [3.8, 4) is 5.75 Å². The number of hydrogen-bond donors (Lipinski definition) is 3. The van der Waals surface area contributed by atoms with Gasteiger partial charge in [0.2, 0.25) is 5.91 Å². The van der Waals surface area contributed by atoms with E-state index >= 15 is 0 Å². The van der Waals surface area contributed by atoms with Crippen molar-refractivity contribution in [2.75, 3.05) is 31.7 Å². The fourth-order valence-electron chi connectivity index (χ4n) is 3.47. The van der Waals surface area contributed by atoms with Crippen molar-refractivity contribution in [1.82, 2.24) is 5.32 Å². The Morgan fingerprint density at radius 2 is 1.76 bits per heavy atom. The number of rotatable bonds is 13. The summed E-state index contributed by atoms with van der Waals surface area (Å²) in [4.78, 5) is 49.6. The zero-order chi connectivity index (χ0) is 25.1.